The molecule has 82 valence electrons. The summed E-state index contributed by atoms with van der Waals surface area (Å²) in [6, 6.07) is 4.50. The van der Waals surface area contributed by atoms with Crippen LogP contribution in [0.25, 0.3) is 0 Å². The number of halogens is 1. The molecule has 0 atom stereocenters. The molecule has 0 spiro atoms. The predicted molar refractivity (Wildman–Crippen MR) is 64.5 cm³/mol. The molecule has 1 N–H and O–H groups in total. The first-order valence-electron chi connectivity index (χ1n) is 5.65. The summed E-state index contributed by atoms with van der Waals surface area (Å²) >= 11 is 5.82. The summed E-state index contributed by atoms with van der Waals surface area (Å²) in [6.45, 7) is 2.00. The third-order valence-electron chi connectivity index (χ3n) is 3.02. The topological polar surface area (TPSA) is 24.9 Å². The van der Waals surface area contributed by atoms with Crippen molar-refractivity contribution >= 4 is 17.3 Å². The Morgan fingerprint density at radius 2 is 2.00 bits per heavy atom. The maximum absolute atomic E-state index is 5.82. The van der Waals surface area contributed by atoms with Gasteiger partial charge in [0.1, 0.15) is 5.15 Å². The van der Waals surface area contributed by atoms with E-state index in [1.165, 1.54) is 32.1 Å². The third kappa shape index (κ3) is 2.85. The van der Waals surface area contributed by atoms with Gasteiger partial charge in [0.25, 0.3) is 0 Å². The second-order valence-electron chi connectivity index (χ2n) is 4.25. The van der Waals surface area contributed by atoms with Gasteiger partial charge in [0.05, 0.1) is 11.4 Å². The van der Waals surface area contributed by atoms with Crippen LogP contribution in [0.15, 0.2) is 12.1 Å². The smallest absolute Gasteiger partial charge is 0.129 e. The molecule has 0 radical (unpaired) electrons. The van der Waals surface area contributed by atoms with Crippen LogP contribution in [0.3, 0.4) is 0 Å². The van der Waals surface area contributed by atoms with Gasteiger partial charge >= 0.3 is 0 Å². The highest BCUT2D eigenvalue weighted by atomic mass is 35.5. The summed E-state index contributed by atoms with van der Waals surface area (Å²) in [6.07, 6.45) is 6.63. The van der Waals surface area contributed by atoms with Gasteiger partial charge in [-0.3, -0.25) is 0 Å². The van der Waals surface area contributed by atoms with E-state index in [1.54, 1.807) is 0 Å². The Hall–Kier alpha value is -0.760. The fraction of sp³-hybridized carbons (Fsp3) is 0.583. The van der Waals surface area contributed by atoms with Crippen LogP contribution in [0.5, 0.6) is 0 Å². The average Bonchev–Trinajstić information content (AvgIpc) is 2.24. The molecule has 1 heterocycles. The highest BCUT2D eigenvalue weighted by Gasteiger charge is 2.13. The van der Waals surface area contributed by atoms with Gasteiger partial charge in [-0.15, -0.1) is 0 Å². The van der Waals surface area contributed by atoms with Crippen LogP contribution in [0.4, 0.5) is 5.69 Å². The SMILES string of the molecule is Cc1nc(Cl)ccc1NC1CCCCC1. The summed E-state index contributed by atoms with van der Waals surface area (Å²) in [4.78, 5) is 4.24. The zero-order valence-corrected chi connectivity index (χ0v) is 9.85. The Balaban J connectivity index is 2.03. The molecule has 2 rings (SSSR count). The number of nitrogens with one attached hydrogen (secondary N) is 1. The van der Waals surface area contributed by atoms with Gasteiger partial charge in [-0.2, -0.15) is 0 Å². The highest BCUT2D eigenvalue weighted by Crippen LogP contribution is 2.23. The maximum Gasteiger partial charge on any atom is 0.129 e. The van der Waals surface area contributed by atoms with Gasteiger partial charge in [-0.05, 0) is 31.9 Å². The number of aryl methyl sites for hydroxylation is 1. The molecule has 1 aromatic rings. The van der Waals surface area contributed by atoms with Crippen molar-refractivity contribution in [2.24, 2.45) is 0 Å². The molecule has 0 unspecified atom stereocenters. The molecule has 1 aliphatic carbocycles. The van der Waals surface area contributed by atoms with E-state index in [0.29, 0.717) is 11.2 Å². The van der Waals surface area contributed by atoms with Gasteiger partial charge in [-0.25, -0.2) is 4.98 Å². The van der Waals surface area contributed by atoms with Gasteiger partial charge < -0.3 is 5.32 Å². The molecule has 3 heteroatoms. The number of rotatable bonds is 2. The van der Waals surface area contributed by atoms with Gasteiger partial charge in [0.2, 0.25) is 0 Å². The van der Waals surface area contributed by atoms with Crippen LogP contribution in [-0.4, -0.2) is 11.0 Å². The Kier molecular flexibility index (Phi) is 3.47. The molecule has 1 fully saturated rings. The van der Waals surface area contributed by atoms with Crippen molar-refractivity contribution in [1.82, 2.24) is 4.98 Å². The molecule has 1 saturated carbocycles. The van der Waals surface area contributed by atoms with E-state index in [-0.39, 0.29) is 0 Å². The van der Waals surface area contributed by atoms with E-state index >= 15 is 0 Å². The lowest BCUT2D eigenvalue weighted by Crippen LogP contribution is -2.22. The van der Waals surface area contributed by atoms with Crippen molar-refractivity contribution in [3.8, 4) is 0 Å². The maximum atomic E-state index is 5.82. The van der Waals surface area contributed by atoms with Crippen molar-refractivity contribution in [3.63, 3.8) is 0 Å². The molecule has 1 aliphatic rings. The fourth-order valence-corrected chi connectivity index (χ4v) is 2.34. The van der Waals surface area contributed by atoms with Crippen molar-refractivity contribution in [2.45, 2.75) is 45.1 Å². The molecule has 0 bridgehead atoms. The molecular weight excluding hydrogens is 208 g/mol. The standard InChI is InChI=1S/C12H17ClN2/c1-9-11(7-8-12(13)14-9)15-10-5-3-2-4-6-10/h7-8,10,15H,2-6H2,1H3. The number of aromatic nitrogens is 1. The number of nitrogens with zero attached hydrogens (tertiary/aromatic N) is 1. The molecule has 0 aliphatic heterocycles. The Morgan fingerprint density at radius 3 is 2.67 bits per heavy atom. The largest absolute Gasteiger partial charge is 0.381 e. The van der Waals surface area contributed by atoms with Gasteiger partial charge in [0, 0.05) is 6.04 Å². The first kappa shape index (κ1) is 10.7. The zero-order valence-electron chi connectivity index (χ0n) is 9.09. The molecule has 1 aromatic heterocycles. The predicted octanol–water partition coefficient (Wildman–Crippen LogP) is 3.79. The first-order valence-corrected chi connectivity index (χ1v) is 6.03. The summed E-state index contributed by atoms with van der Waals surface area (Å²) in [7, 11) is 0. The van der Waals surface area contributed by atoms with Crippen LogP contribution in [-0.2, 0) is 0 Å². The minimum atomic E-state index is 0.571. The lowest BCUT2D eigenvalue weighted by atomic mass is 9.95. The Labute approximate surface area is 96.1 Å². The summed E-state index contributed by atoms with van der Waals surface area (Å²) in [5.41, 5.74) is 2.12. The molecule has 0 saturated heterocycles. The van der Waals surface area contributed by atoms with E-state index in [4.69, 9.17) is 11.6 Å². The summed E-state index contributed by atoms with van der Waals surface area (Å²) in [5.74, 6) is 0. The number of pyridine rings is 1. The van der Waals surface area contributed by atoms with E-state index in [1.807, 2.05) is 19.1 Å². The Bertz CT molecular complexity index is 332. The zero-order chi connectivity index (χ0) is 10.7. The van der Waals surface area contributed by atoms with Gasteiger partial charge in [-0.1, -0.05) is 30.9 Å². The number of hydrogen-bond acceptors (Lipinski definition) is 2. The molecular formula is C12H17ClN2. The van der Waals surface area contributed by atoms with Crippen LogP contribution < -0.4 is 5.32 Å². The monoisotopic (exact) mass is 224 g/mol. The lowest BCUT2D eigenvalue weighted by molar-refractivity contribution is 0.462. The lowest BCUT2D eigenvalue weighted by Gasteiger charge is -2.24. The van der Waals surface area contributed by atoms with Crippen LogP contribution >= 0.6 is 11.6 Å². The highest BCUT2D eigenvalue weighted by molar-refractivity contribution is 6.29. The molecule has 0 amide bonds. The normalized spacial score (nSPS) is 17.7. The second kappa shape index (κ2) is 4.84. The van der Waals surface area contributed by atoms with Gasteiger partial charge in [0.15, 0.2) is 0 Å². The first-order chi connectivity index (χ1) is 7.25. The van der Waals surface area contributed by atoms with E-state index in [2.05, 4.69) is 10.3 Å². The Morgan fingerprint density at radius 1 is 1.27 bits per heavy atom. The van der Waals surface area contributed by atoms with E-state index < -0.39 is 0 Å². The van der Waals surface area contributed by atoms with Crippen molar-refractivity contribution in [2.75, 3.05) is 5.32 Å². The second-order valence-corrected chi connectivity index (χ2v) is 4.63. The van der Waals surface area contributed by atoms with Crippen LogP contribution in [0.1, 0.15) is 37.8 Å². The van der Waals surface area contributed by atoms with Crippen molar-refractivity contribution in [3.05, 3.63) is 23.0 Å². The van der Waals surface area contributed by atoms with Crippen molar-refractivity contribution < 1.29 is 0 Å². The minimum absolute atomic E-state index is 0.571. The average molecular weight is 225 g/mol. The van der Waals surface area contributed by atoms with E-state index in [0.717, 1.165) is 11.4 Å². The summed E-state index contributed by atoms with van der Waals surface area (Å²) in [5, 5.41) is 4.13. The molecule has 2 nitrogen and oxygen atoms in total. The van der Waals surface area contributed by atoms with Crippen molar-refractivity contribution in [1.29, 1.82) is 0 Å². The quantitative estimate of drug-likeness (QED) is 0.774. The minimum Gasteiger partial charge on any atom is -0.381 e. The number of hydrogen-bond donors (Lipinski definition) is 1. The summed E-state index contributed by atoms with van der Waals surface area (Å²) < 4.78 is 0. The van der Waals surface area contributed by atoms with Crippen LogP contribution in [0.2, 0.25) is 5.15 Å². The number of anilines is 1. The van der Waals surface area contributed by atoms with Crippen LogP contribution in [0, 0.1) is 6.92 Å². The molecule has 0 aromatic carbocycles. The molecule has 15 heavy (non-hydrogen) atoms. The fourth-order valence-electron chi connectivity index (χ4n) is 2.15. The van der Waals surface area contributed by atoms with E-state index in [9.17, 15) is 0 Å². The third-order valence-corrected chi connectivity index (χ3v) is 3.23.